The van der Waals surface area contributed by atoms with Crippen LogP contribution >= 0.6 is 0 Å². The fourth-order valence-electron chi connectivity index (χ4n) is 2.27. The van der Waals surface area contributed by atoms with Crippen LogP contribution in [0.4, 0.5) is 24.5 Å². The third-order valence-electron chi connectivity index (χ3n) is 4.35. The number of hydrogen-bond donors (Lipinski definition) is 2. The van der Waals surface area contributed by atoms with Gasteiger partial charge >= 0.3 is 6.18 Å². The number of rotatable bonds is 5. The van der Waals surface area contributed by atoms with Gasteiger partial charge < -0.3 is 10.6 Å². The molecule has 0 fully saturated rings. The maximum absolute atomic E-state index is 13.0. The van der Waals surface area contributed by atoms with Crippen molar-refractivity contribution in [3.8, 4) is 0 Å². The summed E-state index contributed by atoms with van der Waals surface area (Å²) in [6.07, 6.45) is -4.48. The topological polar surface area (TPSA) is 58.2 Å². The number of halogens is 3. The van der Waals surface area contributed by atoms with Crippen LogP contribution in [0.15, 0.2) is 33.9 Å². The first-order chi connectivity index (χ1) is 11.4. The number of alkyl halides is 3. The molecule has 2 N–H and O–H groups in total. The highest BCUT2D eigenvalue weighted by Crippen LogP contribution is 2.32. The fourth-order valence-corrected chi connectivity index (χ4v) is 2.27. The predicted molar refractivity (Wildman–Crippen MR) is 92.7 cm³/mol. The molecule has 0 saturated heterocycles. The first-order valence-corrected chi connectivity index (χ1v) is 7.91. The largest absolute Gasteiger partial charge is 0.416 e. The van der Waals surface area contributed by atoms with E-state index >= 15 is 0 Å². The first-order valence-electron chi connectivity index (χ1n) is 7.91. The summed E-state index contributed by atoms with van der Waals surface area (Å²) in [4.78, 5) is 23.6. The van der Waals surface area contributed by atoms with Gasteiger partial charge in [0.2, 0.25) is 0 Å². The van der Waals surface area contributed by atoms with Crippen LogP contribution in [0.25, 0.3) is 0 Å². The third kappa shape index (κ3) is 4.03. The van der Waals surface area contributed by atoms with Crippen LogP contribution < -0.4 is 21.5 Å². The molecule has 0 aliphatic carbocycles. The summed E-state index contributed by atoms with van der Waals surface area (Å²) in [6, 6.07) is 5.03. The summed E-state index contributed by atoms with van der Waals surface area (Å²) in [6.45, 7) is 7.60. The lowest BCUT2D eigenvalue weighted by Crippen LogP contribution is -2.42. The standard InChI is InChI=1S/C18H21F3N2O2/c1-10(17(2,3)4)23-14-13(15(24)16(14)25)22-9-11-7-5-6-8-12(11)18(19,20)21/h5-8,10,22-23H,9H2,1-4H3. The van der Waals surface area contributed by atoms with Gasteiger partial charge in [-0.3, -0.25) is 9.59 Å². The number of hydrogen-bond acceptors (Lipinski definition) is 4. The maximum atomic E-state index is 13.0. The van der Waals surface area contributed by atoms with Crippen molar-refractivity contribution < 1.29 is 13.2 Å². The Labute approximate surface area is 143 Å². The van der Waals surface area contributed by atoms with Gasteiger partial charge in [0.05, 0.1) is 5.56 Å². The fraction of sp³-hybridized carbons (Fsp3) is 0.444. The zero-order valence-corrected chi connectivity index (χ0v) is 14.5. The zero-order chi connectivity index (χ0) is 19.0. The van der Waals surface area contributed by atoms with Crippen LogP contribution in [0, 0.1) is 5.41 Å². The molecule has 4 nitrogen and oxygen atoms in total. The van der Waals surface area contributed by atoms with Gasteiger partial charge in [0.15, 0.2) is 0 Å². The summed E-state index contributed by atoms with van der Waals surface area (Å²) in [5.41, 5.74) is -2.10. The van der Waals surface area contributed by atoms with Crippen LogP contribution in [0.2, 0.25) is 0 Å². The van der Waals surface area contributed by atoms with Gasteiger partial charge in [-0.25, -0.2) is 0 Å². The summed E-state index contributed by atoms with van der Waals surface area (Å²) >= 11 is 0. The maximum Gasteiger partial charge on any atom is 0.416 e. The Morgan fingerprint density at radius 3 is 2.12 bits per heavy atom. The van der Waals surface area contributed by atoms with E-state index in [1.165, 1.54) is 18.2 Å². The van der Waals surface area contributed by atoms with Crippen molar-refractivity contribution in [3.05, 3.63) is 55.8 Å². The van der Waals surface area contributed by atoms with Gasteiger partial charge in [0.25, 0.3) is 10.9 Å². The van der Waals surface area contributed by atoms with Crippen molar-refractivity contribution >= 4 is 11.4 Å². The molecule has 1 atom stereocenters. The van der Waals surface area contributed by atoms with Gasteiger partial charge in [0, 0.05) is 12.6 Å². The molecule has 0 saturated carbocycles. The van der Waals surface area contributed by atoms with E-state index < -0.39 is 22.6 Å². The van der Waals surface area contributed by atoms with Gasteiger partial charge in [0.1, 0.15) is 11.4 Å². The van der Waals surface area contributed by atoms with Crippen LogP contribution in [0.5, 0.6) is 0 Å². The number of benzene rings is 1. The summed E-state index contributed by atoms with van der Waals surface area (Å²) < 4.78 is 39.0. The van der Waals surface area contributed by atoms with E-state index in [0.717, 1.165) is 6.07 Å². The molecular weight excluding hydrogens is 333 g/mol. The van der Waals surface area contributed by atoms with Crippen molar-refractivity contribution in [1.82, 2.24) is 0 Å². The SMILES string of the molecule is CC(Nc1c(NCc2ccccc2C(F)(F)F)c(=O)c1=O)C(C)(C)C. The van der Waals surface area contributed by atoms with Gasteiger partial charge in [-0.15, -0.1) is 0 Å². The molecule has 136 valence electrons. The highest BCUT2D eigenvalue weighted by Gasteiger charge is 2.33. The minimum Gasteiger partial charge on any atom is -0.377 e. The van der Waals surface area contributed by atoms with Crippen molar-refractivity contribution in [2.24, 2.45) is 5.41 Å². The summed E-state index contributed by atoms with van der Waals surface area (Å²) in [7, 11) is 0. The Hall–Kier alpha value is -2.31. The molecule has 0 aliphatic heterocycles. The highest BCUT2D eigenvalue weighted by atomic mass is 19.4. The van der Waals surface area contributed by atoms with E-state index in [9.17, 15) is 22.8 Å². The zero-order valence-electron chi connectivity index (χ0n) is 14.5. The normalized spacial score (nSPS) is 13.7. The van der Waals surface area contributed by atoms with Gasteiger partial charge in [-0.1, -0.05) is 39.0 Å². The molecule has 25 heavy (non-hydrogen) atoms. The number of anilines is 2. The quantitative estimate of drug-likeness (QED) is 0.803. The number of nitrogens with one attached hydrogen (secondary N) is 2. The summed E-state index contributed by atoms with van der Waals surface area (Å²) in [5, 5.41) is 5.67. The second-order valence-electron chi connectivity index (χ2n) is 7.15. The smallest absolute Gasteiger partial charge is 0.377 e. The average Bonchev–Trinajstić information content (AvgIpc) is 2.51. The lowest BCUT2D eigenvalue weighted by molar-refractivity contribution is -0.138. The average molecular weight is 354 g/mol. The molecule has 2 aromatic rings. The van der Waals surface area contributed by atoms with Crippen molar-refractivity contribution in [3.63, 3.8) is 0 Å². The van der Waals surface area contributed by atoms with Crippen LogP contribution in [-0.2, 0) is 12.7 Å². The summed E-state index contributed by atoms with van der Waals surface area (Å²) in [5.74, 6) is 0. The molecule has 2 aromatic carbocycles. The molecule has 7 heteroatoms. The molecule has 0 aromatic heterocycles. The van der Waals surface area contributed by atoms with Crippen molar-refractivity contribution in [1.29, 1.82) is 0 Å². The lowest BCUT2D eigenvalue weighted by Gasteiger charge is -2.30. The molecule has 1 unspecified atom stereocenters. The van der Waals surface area contributed by atoms with Gasteiger partial charge in [-0.05, 0) is 24.0 Å². The highest BCUT2D eigenvalue weighted by molar-refractivity contribution is 5.74. The van der Waals surface area contributed by atoms with Crippen LogP contribution in [0.3, 0.4) is 0 Å². The Morgan fingerprint density at radius 1 is 1.00 bits per heavy atom. The van der Waals surface area contributed by atoms with Crippen LogP contribution in [-0.4, -0.2) is 6.04 Å². The lowest BCUT2D eigenvalue weighted by atomic mass is 9.87. The molecule has 0 spiro atoms. The van der Waals surface area contributed by atoms with E-state index in [-0.39, 0.29) is 34.9 Å². The minimum absolute atomic E-state index is 0.0119. The molecule has 0 radical (unpaired) electrons. The molecule has 0 aliphatic rings. The van der Waals surface area contributed by atoms with E-state index in [2.05, 4.69) is 10.6 Å². The predicted octanol–water partition coefficient (Wildman–Crippen LogP) is 3.76. The van der Waals surface area contributed by atoms with Crippen molar-refractivity contribution in [2.45, 2.75) is 46.5 Å². The first kappa shape index (κ1) is 19.0. The Morgan fingerprint density at radius 2 is 1.56 bits per heavy atom. The second-order valence-corrected chi connectivity index (χ2v) is 7.15. The third-order valence-corrected chi connectivity index (χ3v) is 4.35. The van der Waals surface area contributed by atoms with E-state index in [1.54, 1.807) is 0 Å². The van der Waals surface area contributed by atoms with E-state index in [1.807, 2.05) is 27.7 Å². The van der Waals surface area contributed by atoms with Crippen LogP contribution in [0.1, 0.15) is 38.8 Å². The second kappa shape index (κ2) is 6.54. The molecule has 2 rings (SSSR count). The molecule has 0 amide bonds. The molecule has 0 bridgehead atoms. The Balaban J connectivity index is 2.20. The van der Waals surface area contributed by atoms with Crippen molar-refractivity contribution in [2.75, 3.05) is 10.6 Å². The Kier molecular flexibility index (Phi) is 4.97. The van der Waals surface area contributed by atoms with Gasteiger partial charge in [-0.2, -0.15) is 13.2 Å². The van der Waals surface area contributed by atoms with E-state index in [0.29, 0.717) is 0 Å². The monoisotopic (exact) mass is 354 g/mol. The minimum atomic E-state index is -4.48. The molecule has 0 heterocycles. The van der Waals surface area contributed by atoms with E-state index in [4.69, 9.17) is 0 Å². The molecular formula is C18H21F3N2O2. The Bertz CT molecular complexity index is 828.